The van der Waals surface area contributed by atoms with Crippen LogP contribution in [-0.4, -0.2) is 60.7 Å². The Morgan fingerprint density at radius 2 is 2.00 bits per heavy atom. The number of hydrogen-bond donors (Lipinski definition) is 1. The molecule has 1 aromatic heterocycles. The standard InChI is InChI=1S/C20H24FN3O2S2/c1-3-26-19(25)17-16(14-5-7-15(21)8-6-14)13-28-18(17)22-20(27)24-10-4-9-23(2)11-12-24/h5-8,13H,3-4,9-12H2,1-2H3,(H,22,27). The minimum Gasteiger partial charge on any atom is -0.462 e. The number of carbonyl (C=O) groups is 1. The van der Waals surface area contributed by atoms with Crippen LogP contribution in [0.4, 0.5) is 9.39 Å². The lowest BCUT2D eigenvalue weighted by Crippen LogP contribution is -2.37. The number of hydrogen-bond acceptors (Lipinski definition) is 5. The highest BCUT2D eigenvalue weighted by Crippen LogP contribution is 2.36. The first-order valence-corrected chi connectivity index (χ1v) is 10.6. The average Bonchev–Trinajstić information content (AvgIpc) is 2.95. The highest BCUT2D eigenvalue weighted by molar-refractivity contribution is 7.80. The van der Waals surface area contributed by atoms with Gasteiger partial charge in [-0.1, -0.05) is 12.1 Å². The third-order valence-corrected chi connectivity index (χ3v) is 5.91. The Balaban J connectivity index is 1.86. The normalized spacial score (nSPS) is 15.2. The topological polar surface area (TPSA) is 44.8 Å². The van der Waals surface area contributed by atoms with E-state index in [1.165, 1.54) is 23.5 Å². The van der Waals surface area contributed by atoms with E-state index in [9.17, 15) is 9.18 Å². The average molecular weight is 422 g/mol. The number of thiocarbonyl (C=S) groups is 1. The van der Waals surface area contributed by atoms with Crippen molar-refractivity contribution in [2.45, 2.75) is 13.3 Å². The first-order valence-electron chi connectivity index (χ1n) is 9.28. The maximum Gasteiger partial charge on any atom is 0.341 e. The van der Waals surface area contributed by atoms with E-state index in [0.717, 1.165) is 38.2 Å². The van der Waals surface area contributed by atoms with E-state index in [2.05, 4.69) is 22.2 Å². The SMILES string of the molecule is CCOC(=O)c1c(-c2ccc(F)cc2)csc1NC(=S)N1CCCN(C)CC1. The number of esters is 1. The molecule has 0 bridgehead atoms. The second-order valence-electron chi connectivity index (χ2n) is 6.65. The number of halogens is 1. The van der Waals surface area contributed by atoms with Crippen molar-refractivity contribution in [1.82, 2.24) is 9.80 Å². The van der Waals surface area contributed by atoms with Gasteiger partial charge in [-0.2, -0.15) is 0 Å². The molecule has 1 fully saturated rings. The zero-order chi connectivity index (χ0) is 20.1. The maximum atomic E-state index is 13.3. The summed E-state index contributed by atoms with van der Waals surface area (Å²) in [5, 5.41) is 6.38. The van der Waals surface area contributed by atoms with Gasteiger partial charge < -0.3 is 19.9 Å². The number of carbonyl (C=O) groups excluding carboxylic acids is 1. The van der Waals surface area contributed by atoms with Gasteiger partial charge in [0.15, 0.2) is 5.11 Å². The van der Waals surface area contributed by atoms with Crippen molar-refractivity contribution < 1.29 is 13.9 Å². The Bertz CT molecular complexity index is 838. The largest absolute Gasteiger partial charge is 0.462 e. The minimum atomic E-state index is -0.413. The van der Waals surface area contributed by atoms with Gasteiger partial charge in [-0.05, 0) is 56.9 Å². The van der Waals surface area contributed by atoms with Crippen LogP contribution in [0.1, 0.15) is 23.7 Å². The first kappa shape index (κ1) is 20.7. The highest BCUT2D eigenvalue weighted by Gasteiger charge is 2.23. The molecule has 1 N–H and O–H groups in total. The zero-order valence-electron chi connectivity index (χ0n) is 16.0. The molecule has 28 heavy (non-hydrogen) atoms. The molecule has 8 heteroatoms. The number of thiophene rings is 1. The third-order valence-electron chi connectivity index (χ3n) is 4.65. The molecular weight excluding hydrogens is 397 g/mol. The summed E-state index contributed by atoms with van der Waals surface area (Å²) < 4.78 is 18.6. The molecule has 2 heterocycles. The Kier molecular flexibility index (Phi) is 6.98. The lowest BCUT2D eigenvalue weighted by molar-refractivity contribution is 0.0529. The van der Waals surface area contributed by atoms with Crippen molar-refractivity contribution in [2.24, 2.45) is 0 Å². The van der Waals surface area contributed by atoms with Crippen molar-refractivity contribution in [2.75, 3.05) is 45.2 Å². The number of anilines is 1. The summed E-state index contributed by atoms with van der Waals surface area (Å²) in [5.74, 6) is -0.730. The second kappa shape index (κ2) is 9.45. The van der Waals surface area contributed by atoms with Gasteiger partial charge in [0.1, 0.15) is 16.4 Å². The van der Waals surface area contributed by atoms with Crippen molar-refractivity contribution in [1.29, 1.82) is 0 Å². The summed E-state index contributed by atoms with van der Waals surface area (Å²) in [6.07, 6.45) is 1.04. The van der Waals surface area contributed by atoms with E-state index in [0.29, 0.717) is 21.2 Å². The molecule has 1 aromatic carbocycles. The van der Waals surface area contributed by atoms with Gasteiger partial charge in [-0.3, -0.25) is 0 Å². The van der Waals surface area contributed by atoms with Crippen LogP contribution in [0.5, 0.6) is 0 Å². The van der Waals surface area contributed by atoms with Crippen LogP contribution >= 0.6 is 23.6 Å². The Hall–Kier alpha value is -2.03. The van der Waals surface area contributed by atoms with Gasteiger partial charge in [0.05, 0.1) is 6.61 Å². The van der Waals surface area contributed by atoms with Crippen LogP contribution in [0.2, 0.25) is 0 Å². The summed E-state index contributed by atoms with van der Waals surface area (Å²) in [7, 11) is 2.10. The molecule has 1 aliphatic rings. The van der Waals surface area contributed by atoms with E-state index in [1.807, 2.05) is 5.38 Å². The molecule has 150 valence electrons. The molecule has 2 aromatic rings. The van der Waals surface area contributed by atoms with Crippen LogP contribution in [0.3, 0.4) is 0 Å². The van der Waals surface area contributed by atoms with Crippen molar-refractivity contribution in [3.8, 4) is 11.1 Å². The fourth-order valence-corrected chi connectivity index (χ4v) is 4.43. The molecule has 0 atom stereocenters. The molecule has 0 unspecified atom stereocenters. The van der Waals surface area contributed by atoms with Crippen molar-refractivity contribution >= 4 is 39.6 Å². The Morgan fingerprint density at radius 3 is 2.71 bits per heavy atom. The molecule has 1 aliphatic heterocycles. The Morgan fingerprint density at radius 1 is 1.25 bits per heavy atom. The smallest absolute Gasteiger partial charge is 0.341 e. The van der Waals surface area contributed by atoms with Gasteiger partial charge in [0, 0.05) is 30.6 Å². The van der Waals surface area contributed by atoms with E-state index < -0.39 is 5.97 Å². The number of nitrogens with zero attached hydrogens (tertiary/aromatic N) is 2. The summed E-state index contributed by atoms with van der Waals surface area (Å²) in [6, 6.07) is 6.08. The molecule has 5 nitrogen and oxygen atoms in total. The zero-order valence-corrected chi connectivity index (χ0v) is 17.7. The predicted molar refractivity (Wildman–Crippen MR) is 116 cm³/mol. The van der Waals surface area contributed by atoms with Crippen LogP contribution < -0.4 is 5.32 Å². The van der Waals surface area contributed by atoms with E-state index in [-0.39, 0.29) is 12.4 Å². The number of nitrogens with one attached hydrogen (secondary N) is 1. The molecule has 0 radical (unpaired) electrons. The van der Waals surface area contributed by atoms with Gasteiger partial charge in [-0.15, -0.1) is 11.3 Å². The van der Waals surface area contributed by atoms with E-state index in [4.69, 9.17) is 17.0 Å². The molecule has 1 saturated heterocycles. The lowest BCUT2D eigenvalue weighted by atomic mass is 10.0. The monoisotopic (exact) mass is 421 g/mol. The van der Waals surface area contributed by atoms with Crippen molar-refractivity contribution in [3.63, 3.8) is 0 Å². The quantitative estimate of drug-likeness (QED) is 0.593. The number of rotatable bonds is 4. The molecule has 0 amide bonds. The second-order valence-corrected chi connectivity index (χ2v) is 7.92. The summed E-state index contributed by atoms with van der Waals surface area (Å²) in [5.41, 5.74) is 1.91. The van der Waals surface area contributed by atoms with Crippen molar-refractivity contribution in [3.05, 3.63) is 41.0 Å². The van der Waals surface area contributed by atoms with Gasteiger partial charge in [-0.25, -0.2) is 9.18 Å². The first-order chi connectivity index (χ1) is 13.5. The van der Waals surface area contributed by atoms with Gasteiger partial charge in [0.2, 0.25) is 0 Å². The maximum absolute atomic E-state index is 13.3. The lowest BCUT2D eigenvalue weighted by Gasteiger charge is -2.24. The predicted octanol–water partition coefficient (Wildman–Crippen LogP) is 4.07. The summed E-state index contributed by atoms with van der Waals surface area (Å²) in [4.78, 5) is 17.1. The minimum absolute atomic E-state index is 0.278. The van der Waals surface area contributed by atoms with Crippen LogP contribution in [0.25, 0.3) is 11.1 Å². The third kappa shape index (κ3) is 4.87. The number of benzene rings is 1. The molecule has 0 saturated carbocycles. The fraction of sp³-hybridized carbons (Fsp3) is 0.400. The van der Waals surface area contributed by atoms with Gasteiger partial charge >= 0.3 is 5.97 Å². The number of ether oxygens (including phenoxy) is 1. The van der Waals surface area contributed by atoms with Gasteiger partial charge in [0.25, 0.3) is 0 Å². The van der Waals surface area contributed by atoms with Crippen LogP contribution in [0.15, 0.2) is 29.6 Å². The van der Waals surface area contributed by atoms with Crippen LogP contribution in [0, 0.1) is 5.82 Å². The molecule has 3 rings (SSSR count). The van der Waals surface area contributed by atoms with E-state index >= 15 is 0 Å². The van der Waals surface area contributed by atoms with E-state index in [1.54, 1.807) is 19.1 Å². The summed E-state index contributed by atoms with van der Waals surface area (Å²) in [6.45, 7) is 5.75. The molecular formula is C20H24FN3O2S2. The summed E-state index contributed by atoms with van der Waals surface area (Å²) >= 11 is 7.01. The number of likely N-dealkylation sites (N-methyl/N-ethyl adjacent to an activating group) is 1. The molecule has 0 aliphatic carbocycles. The highest BCUT2D eigenvalue weighted by atomic mass is 32.1. The Labute approximate surface area is 174 Å². The molecule has 0 spiro atoms. The fourth-order valence-electron chi connectivity index (χ4n) is 3.12. The van der Waals surface area contributed by atoms with Crippen LogP contribution in [-0.2, 0) is 4.74 Å².